The lowest BCUT2D eigenvalue weighted by atomic mass is 9.91. The van der Waals surface area contributed by atoms with Crippen molar-refractivity contribution in [3.05, 3.63) is 28.5 Å². The Kier molecular flexibility index (Phi) is 4.89. The summed E-state index contributed by atoms with van der Waals surface area (Å²) in [5, 5.41) is 2.88. The topological polar surface area (TPSA) is 85.1 Å². The van der Waals surface area contributed by atoms with Crippen LogP contribution >= 0.6 is 11.6 Å². The number of nitrogens with one attached hydrogen (secondary N) is 1. The van der Waals surface area contributed by atoms with Crippen molar-refractivity contribution in [3.63, 3.8) is 0 Å². The number of halogens is 1. The predicted molar refractivity (Wildman–Crippen MR) is 74.1 cm³/mol. The highest BCUT2D eigenvalue weighted by molar-refractivity contribution is 6.29. The van der Waals surface area contributed by atoms with Crippen LogP contribution in [-0.2, 0) is 10.2 Å². The summed E-state index contributed by atoms with van der Waals surface area (Å²) in [5.41, 5.74) is 5.96. The first-order chi connectivity index (χ1) is 8.70. The van der Waals surface area contributed by atoms with Gasteiger partial charge in [0.05, 0.1) is 0 Å². The number of carbonyl (C=O) groups is 2. The normalized spacial score (nSPS) is 11.2. The van der Waals surface area contributed by atoms with Gasteiger partial charge in [0.1, 0.15) is 5.15 Å². The number of primary amides is 1. The molecule has 1 aromatic rings. The maximum atomic E-state index is 11.9. The summed E-state index contributed by atoms with van der Waals surface area (Å²) < 4.78 is 0. The van der Waals surface area contributed by atoms with E-state index in [1.54, 1.807) is 6.07 Å². The van der Waals surface area contributed by atoms with Gasteiger partial charge in [0.25, 0.3) is 5.91 Å². The first kappa shape index (κ1) is 15.4. The number of hydrogen-bond acceptors (Lipinski definition) is 3. The fraction of sp³-hybridized carbons (Fsp3) is 0.462. The number of nitrogens with zero attached hydrogens (tertiary/aromatic N) is 1. The lowest BCUT2D eigenvalue weighted by Gasteiger charge is -2.18. The molecular weight excluding hydrogens is 266 g/mol. The van der Waals surface area contributed by atoms with E-state index in [4.69, 9.17) is 17.3 Å². The summed E-state index contributed by atoms with van der Waals surface area (Å²) >= 11 is 5.92. The van der Waals surface area contributed by atoms with Crippen LogP contribution in [-0.4, -0.2) is 23.3 Å². The van der Waals surface area contributed by atoms with Crippen LogP contribution in [0.3, 0.4) is 0 Å². The van der Waals surface area contributed by atoms with Gasteiger partial charge in [-0.25, -0.2) is 4.98 Å². The van der Waals surface area contributed by atoms with Crippen LogP contribution in [0.4, 0.5) is 0 Å². The summed E-state index contributed by atoms with van der Waals surface area (Å²) in [6, 6.07) is 3.20. The smallest absolute Gasteiger partial charge is 0.251 e. The molecular formula is C13H18ClN3O2. The highest BCUT2D eigenvalue weighted by Crippen LogP contribution is 2.23. The van der Waals surface area contributed by atoms with E-state index in [0.717, 1.165) is 5.69 Å². The molecule has 0 saturated heterocycles. The van der Waals surface area contributed by atoms with E-state index in [1.165, 1.54) is 6.07 Å². The summed E-state index contributed by atoms with van der Waals surface area (Å²) in [7, 11) is 0. The standard InChI is InChI=1S/C13H18ClN3O2/c1-13(2,3)9-6-8(7-10(14)17-9)12(19)16-5-4-11(15)18/h6-7H,4-5H2,1-3H3,(H2,15,18)(H,16,19). The number of pyridine rings is 1. The van der Waals surface area contributed by atoms with Crippen LogP contribution in [0.5, 0.6) is 0 Å². The summed E-state index contributed by atoms with van der Waals surface area (Å²) in [6.45, 7) is 6.17. The molecule has 0 spiro atoms. The van der Waals surface area contributed by atoms with E-state index in [0.29, 0.717) is 5.56 Å². The van der Waals surface area contributed by atoms with Crippen LogP contribution in [0, 0.1) is 0 Å². The van der Waals surface area contributed by atoms with E-state index in [2.05, 4.69) is 10.3 Å². The number of carbonyl (C=O) groups excluding carboxylic acids is 2. The van der Waals surface area contributed by atoms with E-state index >= 15 is 0 Å². The van der Waals surface area contributed by atoms with Crippen molar-refractivity contribution in [2.45, 2.75) is 32.6 Å². The molecule has 1 heterocycles. The van der Waals surface area contributed by atoms with Gasteiger partial charge in [0.15, 0.2) is 0 Å². The minimum atomic E-state index is -0.455. The Morgan fingerprint density at radius 3 is 2.53 bits per heavy atom. The van der Waals surface area contributed by atoms with Crippen molar-refractivity contribution in [2.24, 2.45) is 5.73 Å². The number of hydrogen-bond donors (Lipinski definition) is 2. The molecule has 0 aliphatic rings. The zero-order valence-electron chi connectivity index (χ0n) is 11.3. The fourth-order valence-corrected chi connectivity index (χ4v) is 1.62. The Bertz CT molecular complexity index is 495. The number of aromatic nitrogens is 1. The van der Waals surface area contributed by atoms with Crippen LogP contribution in [0.1, 0.15) is 43.2 Å². The molecule has 0 aliphatic carbocycles. The Hall–Kier alpha value is -1.62. The first-order valence-corrected chi connectivity index (χ1v) is 6.32. The molecule has 3 N–H and O–H groups in total. The molecule has 0 saturated carbocycles. The van der Waals surface area contributed by atoms with Gasteiger partial charge in [0.2, 0.25) is 5.91 Å². The second-order valence-corrected chi connectivity index (χ2v) is 5.67. The fourth-order valence-electron chi connectivity index (χ4n) is 1.41. The predicted octanol–water partition coefficient (Wildman–Crippen LogP) is 1.64. The summed E-state index contributed by atoms with van der Waals surface area (Å²) in [5.74, 6) is -0.750. The van der Waals surface area contributed by atoms with Crippen molar-refractivity contribution >= 4 is 23.4 Å². The SMILES string of the molecule is CC(C)(C)c1cc(C(=O)NCCC(N)=O)cc(Cl)n1. The van der Waals surface area contributed by atoms with Gasteiger partial charge < -0.3 is 11.1 Å². The van der Waals surface area contributed by atoms with Crippen molar-refractivity contribution < 1.29 is 9.59 Å². The molecule has 1 aromatic heterocycles. The third-order valence-electron chi connectivity index (χ3n) is 2.48. The van der Waals surface area contributed by atoms with Crippen LogP contribution in [0.25, 0.3) is 0 Å². The van der Waals surface area contributed by atoms with Gasteiger partial charge in [-0.3, -0.25) is 9.59 Å². The summed E-state index contributed by atoms with van der Waals surface area (Å²) in [4.78, 5) is 26.7. The number of rotatable bonds is 4. The summed E-state index contributed by atoms with van der Waals surface area (Å²) in [6.07, 6.45) is 0.108. The Morgan fingerprint density at radius 2 is 2.00 bits per heavy atom. The first-order valence-electron chi connectivity index (χ1n) is 5.94. The molecule has 0 aromatic carbocycles. The van der Waals surface area contributed by atoms with Crippen molar-refractivity contribution in [3.8, 4) is 0 Å². The molecule has 0 atom stereocenters. The average Bonchev–Trinajstić information content (AvgIpc) is 2.26. The zero-order chi connectivity index (χ0) is 14.6. The zero-order valence-corrected chi connectivity index (χ0v) is 12.0. The van der Waals surface area contributed by atoms with Crippen LogP contribution in [0.2, 0.25) is 5.15 Å². The highest BCUT2D eigenvalue weighted by atomic mass is 35.5. The van der Waals surface area contributed by atoms with E-state index < -0.39 is 5.91 Å². The lowest BCUT2D eigenvalue weighted by Crippen LogP contribution is -2.28. The van der Waals surface area contributed by atoms with E-state index in [-0.39, 0.29) is 29.4 Å². The van der Waals surface area contributed by atoms with Gasteiger partial charge in [-0.2, -0.15) is 0 Å². The van der Waals surface area contributed by atoms with Crippen LogP contribution in [0.15, 0.2) is 12.1 Å². The van der Waals surface area contributed by atoms with Gasteiger partial charge in [-0.15, -0.1) is 0 Å². The van der Waals surface area contributed by atoms with Crippen molar-refractivity contribution in [1.82, 2.24) is 10.3 Å². The molecule has 0 aliphatic heterocycles. The second kappa shape index (κ2) is 6.02. The Labute approximate surface area is 117 Å². The number of nitrogens with two attached hydrogens (primary N) is 1. The second-order valence-electron chi connectivity index (χ2n) is 5.29. The molecule has 104 valence electrons. The van der Waals surface area contributed by atoms with Gasteiger partial charge in [-0.05, 0) is 12.1 Å². The van der Waals surface area contributed by atoms with Gasteiger partial charge in [0, 0.05) is 29.6 Å². The molecule has 2 amide bonds. The Morgan fingerprint density at radius 1 is 1.37 bits per heavy atom. The lowest BCUT2D eigenvalue weighted by molar-refractivity contribution is -0.117. The molecule has 0 unspecified atom stereocenters. The molecule has 6 heteroatoms. The van der Waals surface area contributed by atoms with Gasteiger partial charge in [-0.1, -0.05) is 32.4 Å². The molecule has 19 heavy (non-hydrogen) atoms. The maximum Gasteiger partial charge on any atom is 0.251 e. The van der Waals surface area contributed by atoms with Crippen LogP contribution < -0.4 is 11.1 Å². The third-order valence-corrected chi connectivity index (χ3v) is 2.68. The largest absolute Gasteiger partial charge is 0.370 e. The molecule has 0 fully saturated rings. The molecule has 0 bridgehead atoms. The maximum absolute atomic E-state index is 11.9. The monoisotopic (exact) mass is 283 g/mol. The molecule has 0 radical (unpaired) electrons. The van der Waals surface area contributed by atoms with Crippen molar-refractivity contribution in [2.75, 3.05) is 6.54 Å². The van der Waals surface area contributed by atoms with E-state index in [1.807, 2.05) is 20.8 Å². The number of amides is 2. The molecule has 5 nitrogen and oxygen atoms in total. The van der Waals surface area contributed by atoms with Crippen molar-refractivity contribution in [1.29, 1.82) is 0 Å². The minimum absolute atomic E-state index is 0.108. The molecule has 1 rings (SSSR count). The van der Waals surface area contributed by atoms with Gasteiger partial charge >= 0.3 is 0 Å². The average molecular weight is 284 g/mol. The van der Waals surface area contributed by atoms with E-state index in [9.17, 15) is 9.59 Å². The minimum Gasteiger partial charge on any atom is -0.370 e. The third kappa shape index (κ3) is 4.87. The highest BCUT2D eigenvalue weighted by Gasteiger charge is 2.18. The quantitative estimate of drug-likeness (QED) is 0.824. The Balaban J connectivity index is 2.86.